The second kappa shape index (κ2) is 4.33. The molecule has 8 heteroatoms. The maximum Gasteiger partial charge on any atom is 0.175 e. The first-order valence-corrected chi connectivity index (χ1v) is 5.45. The van der Waals surface area contributed by atoms with Crippen LogP contribution in [-0.2, 0) is 0 Å². The Morgan fingerprint density at radius 3 is 2.84 bits per heavy atom. The average Bonchev–Trinajstić information content (AvgIpc) is 2.76. The highest BCUT2D eigenvalue weighted by Gasteiger charge is 2.06. The number of nitrogen functional groups attached to an aromatic ring is 2. The van der Waals surface area contributed by atoms with E-state index in [1.165, 1.54) is 6.33 Å². The zero-order valence-electron chi connectivity index (χ0n) is 9.78. The van der Waals surface area contributed by atoms with Crippen molar-refractivity contribution in [2.45, 2.75) is 0 Å². The summed E-state index contributed by atoms with van der Waals surface area (Å²) in [4.78, 5) is 8.08. The van der Waals surface area contributed by atoms with Crippen LogP contribution in [-0.4, -0.2) is 20.2 Å². The van der Waals surface area contributed by atoms with Gasteiger partial charge in [-0.3, -0.25) is 5.10 Å². The summed E-state index contributed by atoms with van der Waals surface area (Å²) in [5, 5.41) is 15.2. The first-order valence-electron chi connectivity index (χ1n) is 5.45. The lowest BCUT2D eigenvalue weighted by Crippen LogP contribution is -1.84. The number of nitrogens with zero attached hydrogens (tertiary/aromatic N) is 5. The molecule has 0 spiro atoms. The molecule has 0 bridgehead atoms. The Bertz CT molecular complexity index is 741. The Balaban J connectivity index is 1.97. The van der Waals surface area contributed by atoms with Crippen LogP contribution in [0.3, 0.4) is 0 Å². The maximum absolute atomic E-state index is 5.62. The van der Waals surface area contributed by atoms with Gasteiger partial charge in [-0.15, -0.1) is 5.11 Å². The summed E-state index contributed by atoms with van der Waals surface area (Å²) < 4.78 is 0. The number of anilines is 2. The number of nitrogens with two attached hydrogens (primary N) is 2. The topological polar surface area (TPSA) is 131 Å². The molecule has 8 nitrogen and oxygen atoms in total. The lowest BCUT2D eigenvalue weighted by atomic mass is 10.2. The zero-order valence-corrected chi connectivity index (χ0v) is 9.78. The van der Waals surface area contributed by atoms with Gasteiger partial charge in [-0.2, -0.15) is 10.2 Å². The van der Waals surface area contributed by atoms with Gasteiger partial charge in [0.2, 0.25) is 0 Å². The molecule has 0 fully saturated rings. The standard InChI is InChI=1S/C11H10N8/c12-10-9(11(13)19-18-10)17-16-7-1-2-8-6(3-7)4-14-5-15-8/h1-5H,(H5,12,13,18,19). The van der Waals surface area contributed by atoms with Gasteiger partial charge < -0.3 is 11.5 Å². The number of fused-ring (bicyclic) bond motifs is 1. The molecule has 2 heterocycles. The zero-order chi connectivity index (χ0) is 13.2. The minimum Gasteiger partial charge on any atom is -0.382 e. The Labute approximate surface area is 107 Å². The average molecular weight is 254 g/mol. The summed E-state index contributed by atoms with van der Waals surface area (Å²) in [6.07, 6.45) is 3.21. The fourth-order valence-corrected chi connectivity index (χ4v) is 1.61. The van der Waals surface area contributed by atoms with Crippen molar-refractivity contribution in [1.29, 1.82) is 0 Å². The highest BCUT2D eigenvalue weighted by atomic mass is 15.2. The minimum atomic E-state index is 0.213. The Kier molecular flexibility index (Phi) is 2.53. The lowest BCUT2D eigenvalue weighted by molar-refractivity contribution is 1.11. The van der Waals surface area contributed by atoms with Crippen molar-refractivity contribution in [3.8, 4) is 0 Å². The number of hydrogen-bond donors (Lipinski definition) is 3. The number of azo groups is 1. The molecule has 0 atom stereocenters. The third-order valence-corrected chi connectivity index (χ3v) is 2.55. The van der Waals surface area contributed by atoms with Gasteiger partial charge in [-0.05, 0) is 18.2 Å². The smallest absolute Gasteiger partial charge is 0.175 e. The molecule has 0 aliphatic carbocycles. The molecular formula is C11H10N8. The number of hydrogen-bond acceptors (Lipinski definition) is 7. The van der Waals surface area contributed by atoms with Gasteiger partial charge in [0, 0.05) is 11.6 Å². The van der Waals surface area contributed by atoms with E-state index in [-0.39, 0.29) is 11.6 Å². The van der Waals surface area contributed by atoms with E-state index in [4.69, 9.17) is 11.5 Å². The van der Waals surface area contributed by atoms with Crippen molar-refractivity contribution >= 4 is 33.9 Å². The highest BCUT2D eigenvalue weighted by Crippen LogP contribution is 2.28. The van der Waals surface area contributed by atoms with Crippen LogP contribution in [0.15, 0.2) is 41.0 Å². The first-order chi connectivity index (χ1) is 9.24. The fourth-order valence-electron chi connectivity index (χ4n) is 1.61. The molecule has 3 aromatic rings. The highest BCUT2D eigenvalue weighted by molar-refractivity contribution is 5.80. The van der Waals surface area contributed by atoms with Crippen LogP contribution in [0.4, 0.5) is 23.0 Å². The molecule has 0 saturated carbocycles. The molecule has 0 unspecified atom stereocenters. The first kappa shape index (κ1) is 11.1. The number of benzene rings is 1. The van der Waals surface area contributed by atoms with Gasteiger partial charge in [0.15, 0.2) is 11.5 Å². The lowest BCUT2D eigenvalue weighted by Gasteiger charge is -1.96. The predicted octanol–water partition coefficient (Wildman–Crippen LogP) is 1.93. The van der Waals surface area contributed by atoms with Gasteiger partial charge in [0.25, 0.3) is 0 Å². The van der Waals surface area contributed by atoms with E-state index < -0.39 is 0 Å². The Morgan fingerprint density at radius 2 is 2.05 bits per heavy atom. The molecule has 1 aromatic carbocycles. The normalized spacial score (nSPS) is 11.4. The number of rotatable bonds is 2. The van der Waals surface area contributed by atoms with E-state index in [0.29, 0.717) is 11.4 Å². The summed E-state index contributed by atoms with van der Waals surface area (Å²) in [5.74, 6) is 0.496. The molecule has 94 valence electrons. The van der Waals surface area contributed by atoms with Crippen molar-refractivity contribution in [3.05, 3.63) is 30.7 Å². The van der Waals surface area contributed by atoms with Crippen LogP contribution in [0.25, 0.3) is 10.9 Å². The van der Waals surface area contributed by atoms with Gasteiger partial charge in [0.05, 0.1) is 11.2 Å². The number of aromatic amines is 1. The van der Waals surface area contributed by atoms with Crippen LogP contribution in [0.2, 0.25) is 0 Å². The molecule has 19 heavy (non-hydrogen) atoms. The Morgan fingerprint density at radius 1 is 1.16 bits per heavy atom. The summed E-state index contributed by atoms with van der Waals surface area (Å²) in [6, 6.07) is 5.46. The number of aromatic nitrogens is 4. The van der Waals surface area contributed by atoms with E-state index in [9.17, 15) is 0 Å². The van der Waals surface area contributed by atoms with Gasteiger partial charge in [0.1, 0.15) is 12.1 Å². The van der Waals surface area contributed by atoms with Crippen molar-refractivity contribution < 1.29 is 0 Å². The van der Waals surface area contributed by atoms with Crippen molar-refractivity contribution in [2.24, 2.45) is 10.2 Å². The second-order valence-electron chi connectivity index (χ2n) is 3.84. The monoisotopic (exact) mass is 254 g/mol. The summed E-state index contributed by atoms with van der Waals surface area (Å²) in [7, 11) is 0. The van der Waals surface area contributed by atoms with Gasteiger partial charge in [-0.25, -0.2) is 9.97 Å². The summed E-state index contributed by atoms with van der Waals surface area (Å²) >= 11 is 0. The van der Waals surface area contributed by atoms with Gasteiger partial charge in [-0.1, -0.05) is 0 Å². The minimum absolute atomic E-state index is 0.213. The van der Waals surface area contributed by atoms with E-state index >= 15 is 0 Å². The van der Waals surface area contributed by atoms with E-state index in [1.807, 2.05) is 12.1 Å². The molecule has 3 rings (SSSR count). The van der Waals surface area contributed by atoms with E-state index in [2.05, 4.69) is 30.4 Å². The number of nitrogens with one attached hydrogen (secondary N) is 1. The van der Waals surface area contributed by atoms with Crippen LogP contribution in [0.1, 0.15) is 0 Å². The SMILES string of the molecule is Nc1n[nH]c(N)c1N=Nc1ccc2ncncc2c1. The number of H-pyrrole nitrogens is 1. The predicted molar refractivity (Wildman–Crippen MR) is 71.1 cm³/mol. The van der Waals surface area contributed by atoms with Crippen LogP contribution < -0.4 is 11.5 Å². The second-order valence-corrected chi connectivity index (χ2v) is 3.84. The molecule has 0 aliphatic rings. The fraction of sp³-hybridized carbons (Fsp3) is 0. The third kappa shape index (κ3) is 2.06. The van der Waals surface area contributed by atoms with Crippen molar-refractivity contribution in [3.63, 3.8) is 0 Å². The maximum atomic E-state index is 5.62. The molecule has 0 saturated heterocycles. The molecule has 0 radical (unpaired) electrons. The van der Waals surface area contributed by atoms with Crippen molar-refractivity contribution in [2.75, 3.05) is 11.5 Å². The van der Waals surface area contributed by atoms with Crippen LogP contribution >= 0.6 is 0 Å². The summed E-state index contributed by atoms with van der Waals surface area (Å²) in [6.45, 7) is 0. The molecule has 2 aromatic heterocycles. The molecule has 0 amide bonds. The van der Waals surface area contributed by atoms with Crippen molar-refractivity contribution in [1.82, 2.24) is 20.2 Å². The molecular weight excluding hydrogens is 244 g/mol. The largest absolute Gasteiger partial charge is 0.382 e. The molecule has 5 N–H and O–H groups in total. The quantitative estimate of drug-likeness (QED) is 0.601. The summed E-state index contributed by atoms with van der Waals surface area (Å²) in [5.41, 5.74) is 13.1. The van der Waals surface area contributed by atoms with E-state index in [1.54, 1.807) is 12.3 Å². The third-order valence-electron chi connectivity index (χ3n) is 2.55. The van der Waals surface area contributed by atoms with Crippen LogP contribution in [0, 0.1) is 0 Å². The molecule has 0 aliphatic heterocycles. The Hall–Kier alpha value is -3.03. The van der Waals surface area contributed by atoms with Gasteiger partial charge >= 0.3 is 0 Å². The van der Waals surface area contributed by atoms with E-state index in [0.717, 1.165) is 10.9 Å². The van der Waals surface area contributed by atoms with Crippen LogP contribution in [0.5, 0.6) is 0 Å².